The molecule has 0 bridgehead atoms. The van der Waals surface area contributed by atoms with E-state index in [1.807, 2.05) is 24.3 Å². The fourth-order valence-electron chi connectivity index (χ4n) is 1.35. The average Bonchev–Trinajstić information content (AvgIpc) is 2.24. The van der Waals surface area contributed by atoms with Gasteiger partial charge in [0.15, 0.2) is 0 Å². The molecule has 16 heavy (non-hydrogen) atoms. The van der Waals surface area contributed by atoms with Crippen LogP contribution in [-0.2, 0) is 0 Å². The van der Waals surface area contributed by atoms with Gasteiger partial charge in [-0.2, -0.15) is 0 Å². The van der Waals surface area contributed by atoms with E-state index < -0.39 is 0 Å². The van der Waals surface area contributed by atoms with Crippen molar-refractivity contribution in [2.24, 2.45) is 0 Å². The fraction of sp³-hybridized carbons (Fsp3) is 0.538. The Hall–Kier alpha value is -1.22. The Morgan fingerprint density at radius 2 is 1.69 bits per heavy atom. The number of anilines is 1. The van der Waals surface area contributed by atoms with Crippen LogP contribution in [0.1, 0.15) is 20.8 Å². The first kappa shape index (κ1) is 12.8. The number of nitrogens with one attached hydrogen (secondary N) is 2. The molecule has 0 amide bonds. The standard InChI is InChI=1S/C13H22N2O/c1-13(2,3)15-10-9-14-11-5-7-12(16-4)8-6-11/h5-8,14-15H,9-10H2,1-4H3. The van der Waals surface area contributed by atoms with E-state index in [9.17, 15) is 0 Å². The Morgan fingerprint density at radius 3 is 2.19 bits per heavy atom. The molecule has 0 fully saturated rings. The fourth-order valence-corrected chi connectivity index (χ4v) is 1.35. The lowest BCUT2D eigenvalue weighted by Gasteiger charge is -2.20. The third kappa shape index (κ3) is 5.03. The molecule has 0 aliphatic rings. The number of benzene rings is 1. The Labute approximate surface area is 98.2 Å². The van der Waals surface area contributed by atoms with Crippen LogP contribution < -0.4 is 15.4 Å². The predicted molar refractivity (Wildman–Crippen MR) is 69.2 cm³/mol. The summed E-state index contributed by atoms with van der Waals surface area (Å²) in [5.41, 5.74) is 1.30. The summed E-state index contributed by atoms with van der Waals surface area (Å²) < 4.78 is 5.10. The Balaban J connectivity index is 2.27. The van der Waals surface area contributed by atoms with E-state index in [0.717, 1.165) is 24.5 Å². The third-order valence-electron chi connectivity index (χ3n) is 2.20. The number of hydrogen-bond acceptors (Lipinski definition) is 3. The van der Waals surface area contributed by atoms with Crippen LogP contribution in [0.2, 0.25) is 0 Å². The molecule has 1 aromatic rings. The van der Waals surface area contributed by atoms with Crippen molar-refractivity contribution in [3.05, 3.63) is 24.3 Å². The zero-order valence-corrected chi connectivity index (χ0v) is 10.6. The molecule has 0 saturated carbocycles. The van der Waals surface area contributed by atoms with Crippen LogP contribution in [-0.4, -0.2) is 25.7 Å². The highest BCUT2D eigenvalue weighted by molar-refractivity contribution is 5.46. The average molecular weight is 222 g/mol. The first-order chi connectivity index (χ1) is 7.51. The molecule has 0 atom stereocenters. The Bertz CT molecular complexity index is 301. The maximum atomic E-state index is 5.10. The quantitative estimate of drug-likeness (QED) is 0.751. The second kappa shape index (κ2) is 5.75. The van der Waals surface area contributed by atoms with Gasteiger partial charge >= 0.3 is 0 Å². The number of rotatable bonds is 5. The SMILES string of the molecule is COc1ccc(NCCNC(C)(C)C)cc1. The van der Waals surface area contributed by atoms with Gasteiger partial charge in [-0.25, -0.2) is 0 Å². The van der Waals surface area contributed by atoms with Gasteiger partial charge < -0.3 is 15.4 Å². The first-order valence-electron chi connectivity index (χ1n) is 5.64. The maximum Gasteiger partial charge on any atom is 0.119 e. The lowest BCUT2D eigenvalue weighted by Crippen LogP contribution is -2.38. The van der Waals surface area contributed by atoms with Crippen molar-refractivity contribution in [1.82, 2.24) is 5.32 Å². The number of methoxy groups -OCH3 is 1. The summed E-state index contributed by atoms with van der Waals surface area (Å²) in [6.45, 7) is 8.38. The van der Waals surface area contributed by atoms with Crippen LogP contribution in [0.25, 0.3) is 0 Å². The number of hydrogen-bond donors (Lipinski definition) is 2. The summed E-state index contributed by atoms with van der Waals surface area (Å²) >= 11 is 0. The molecule has 2 N–H and O–H groups in total. The maximum absolute atomic E-state index is 5.10. The molecule has 3 nitrogen and oxygen atoms in total. The van der Waals surface area contributed by atoms with Gasteiger partial charge in [-0.1, -0.05) is 0 Å². The summed E-state index contributed by atoms with van der Waals surface area (Å²) in [6, 6.07) is 7.96. The molecule has 90 valence electrons. The van der Waals surface area contributed by atoms with Crippen molar-refractivity contribution in [3.63, 3.8) is 0 Å². The van der Waals surface area contributed by atoms with E-state index >= 15 is 0 Å². The molecule has 0 radical (unpaired) electrons. The lowest BCUT2D eigenvalue weighted by atomic mass is 10.1. The van der Waals surface area contributed by atoms with E-state index in [1.165, 1.54) is 0 Å². The summed E-state index contributed by atoms with van der Waals surface area (Å²) in [4.78, 5) is 0. The van der Waals surface area contributed by atoms with Crippen LogP contribution in [0.3, 0.4) is 0 Å². The molecule has 1 aromatic carbocycles. The smallest absolute Gasteiger partial charge is 0.119 e. The molecule has 0 aliphatic carbocycles. The Kier molecular flexibility index (Phi) is 4.62. The molecule has 0 saturated heterocycles. The van der Waals surface area contributed by atoms with Crippen molar-refractivity contribution in [2.75, 3.05) is 25.5 Å². The van der Waals surface area contributed by atoms with Crippen LogP contribution in [0.5, 0.6) is 5.75 Å². The summed E-state index contributed by atoms with van der Waals surface area (Å²) in [7, 11) is 1.68. The topological polar surface area (TPSA) is 33.3 Å². The highest BCUT2D eigenvalue weighted by Crippen LogP contribution is 2.14. The zero-order valence-electron chi connectivity index (χ0n) is 10.6. The molecule has 3 heteroatoms. The molecule has 1 rings (SSSR count). The monoisotopic (exact) mass is 222 g/mol. The van der Waals surface area contributed by atoms with Crippen LogP contribution in [0.15, 0.2) is 24.3 Å². The molecular weight excluding hydrogens is 200 g/mol. The minimum absolute atomic E-state index is 0.182. The molecule has 0 spiro atoms. The lowest BCUT2D eigenvalue weighted by molar-refractivity contribution is 0.415. The van der Waals surface area contributed by atoms with E-state index in [0.29, 0.717) is 0 Å². The summed E-state index contributed by atoms with van der Waals surface area (Å²) in [6.07, 6.45) is 0. The molecule has 0 aromatic heterocycles. The first-order valence-corrected chi connectivity index (χ1v) is 5.64. The highest BCUT2D eigenvalue weighted by atomic mass is 16.5. The highest BCUT2D eigenvalue weighted by Gasteiger charge is 2.06. The molecule has 0 unspecified atom stereocenters. The van der Waals surface area contributed by atoms with E-state index in [4.69, 9.17) is 4.74 Å². The number of ether oxygens (including phenoxy) is 1. The van der Waals surface area contributed by atoms with Gasteiger partial charge in [0.2, 0.25) is 0 Å². The summed E-state index contributed by atoms with van der Waals surface area (Å²) in [5.74, 6) is 0.887. The van der Waals surface area contributed by atoms with E-state index in [-0.39, 0.29) is 5.54 Å². The largest absolute Gasteiger partial charge is 0.497 e. The second-order valence-corrected chi connectivity index (χ2v) is 4.83. The molecule has 0 aliphatic heterocycles. The van der Waals surface area contributed by atoms with Crippen molar-refractivity contribution in [3.8, 4) is 5.75 Å². The van der Waals surface area contributed by atoms with Crippen molar-refractivity contribution in [1.29, 1.82) is 0 Å². The normalized spacial score (nSPS) is 11.2. The van der Waals surface area contributed by atoms with Crippen LogP contribution in [0, 0.1) is 0 Å². The van der Waals surface area contributed by atoms with Crippen LogP contribution >= 0.6 is 0 Å². The van der Waals surface area contributed by atoms with Gasteiger partial charge in [-0.05, 0) is 45.0 Å². The van der Waals surface area contributed by atoms with Gasteiger partial charge in [0.05, 0.1) is 7.11 Å². The van der Waals surface area contributed by atoms with E-state index in [1.54, 1.807) is 7.11 Å². The zero-order chi connectivity index (χ0) is 12.0. The van der Waals surface area contributed by atoms with Gasteiger partial charge in [-0.3, -0.25) is 0 Å². The minimum atomic E-state index is 0.182. The van der Waals surface area contributed by atoms with Crippen molar-refractivity contribution < 1.29 is 4.74 Å². The second-order valence-electron chi connectivity index (χ2n) is 4.83. The van der Waals surface area contributed by atoms with Crippen LogP contribution in [0.4, 0.5) is 5.69 Å². The minimum Gasteiger partial charge on any atom is -0.497 e. The van der Waals surface area contributed by atoms with Gasteiger partial charge in [0.25, 0.3) is 0 Å². The Morgan fingerprint density at radius 1 is 1.06 bits per heavy atom. The van der Waals surface area contributed by atoms with Gasteiger partial charge in [0, 0.05) is 24.3 Å². The van der Waals surface area contributed by atoms with Gasteiger partial charge in [0.1, 0.15) is 5.75 Å². The van der Waals surface area contributed by atoms with Crippen molar-refractivity contribution in [2.45, 2.75) is 26.3 Å². The summed E-state index contributed by atoms with van der Waals surface area (Å²) in [5, 5.41) is 6.78. The van der Waals surface area contributed by atoms with Gasteiger partial charge in [-0.15, -0.1) is 0 Å². The van der Waals surface area contributed by atoms with Crippen molar-refractivity contribution >= 4 is 5.69 Å². The predicted octanol–water partition coefficient (Wildman–Crippen LogP) is 2.50. The molecular formula is C13H22N2O. The third-order valence-corrected chi connectivity index (χ3v) is 2.20. The van der Waals surface area contributed by atoms with E-state index in [2.05, 4.69) is 31.4 Å². The molecule has 0 heterocycles.